The lowest BCUT2D eigenvalue weighted by Gasteiger charge is -2.42. The largest absolute Gasteiger partial charge is 0.469 e. The first-order chi connectivity index (χ1) is 28.8. The van der Waals surface area contributed by atoms with Crippen molar-refractivity contribution in [1.29, 1.82) is 0 Å². The van der Waals surface area contributed by atoms with Gasteiger partial charge in [0.15, 0.2) is 0 Å². The van der Waals surface area contributed by atoms with Gasteiger partial charge in [0.1, 0.15) is 17.8 Å². The number of halogens is 3. The maximum atomic E-state index is 14.6. The van der Waals surface area contributed by atoms with Crippen LogP contribution in [0.3, 0.4) is 0 Å². The van der Waals surface area contributed by atoms with Gasteiger partial charge in [0.2, 0.25) is 35.4 Å². The second-order valence-electron chi connectivity index (χ2n) is 14.7. The number of rotatable bonds is 10. The highest BCUT2D eigenvalue weighted by molar-refractivity contribution is 5.97. The van der Waals surface area contributed by atoms with Crippen molar-refractivity contribution < 1.29 is 51.1 Å². The van der Waals surface area contributed by atoms with Gasteiger partial charge < -0.3 is 46.4 Å². The second-order valence-corrected chi connectivity index (χ2v) is 14.7. The summed E-state index contributed by atoms with van der Waals surface area (Å²) in [5.74, 6) is -3.07. The topological polar surface area (TPSA) is 214 Å². The fourth-order valence-electron chi connectivity index (χ4n) is 7.18. The molecule has 2 aromatic carbocycles. The van der Waals surface area contributed by atoms with Crippen LogP contribution in [0.2, 0.25) is 0 Å². The first-order valence-corrected chi connectivity index (χ1v) is 19.7. The van der Waals surface area contributed by atoms with Crippen LogP contribution in [-0.4, -0.2) is 98.4 Å². The summed E-state index contributed by atoms with van der Waals surface area (Å²) in [5.41, 5.74) is 4.74. The number of amides is 6. The van der Waals surface area contributed by atoms with Crippen LogP contribution in [0.15, 0.2) is 83.5 Å². The Balaban J connectivity index is 1.45. The average molecular weight is 838 g/mol. The normalized spacial score (nSPS) is 21.9. The van der Waals surface area contributed by atoms with Gasteiger partial charge in [0.25, 0.3) is 0 Å². The van der Waals surface area contributed by atoms with Gasteiger partial charge in [0, 0.05) is 57.8 Å². The zero-order valence-corrected chi connectivity index (χ0v) is 33.0. The molecule has 60 heavy (non-hydrogen) atoms. The maximum Gasteiger partial charge on any atom is 0.416 e. The Morgan fingerprint density at radius 2 is 1.72 bits per heavy atom. The van der Waals surface area contributed by atoms with Crippen molar-refractivity contribution in [3.63, 3.8) is 0 Å². The van der Waals surface area contributed by atoms with Gasteiger partial charge in [-0.2, -0.15) is 13.2 Å². The average Bonchev–Trinajstić information content (AvgIpc) is 3.74. The van der Waals surface area contributed by atoms with Gasteiger partial charge in [0.05, 0.1) is 36.9 Å². The molecule has 5 rings (SSSR count). The van der Waals surface area contributed by atoms with Crippen LogP contribution in [0.1, 0.15) is 47.3 Å². The Labute approximate surface area is 345 Å². The lowest BCUT2D eigenvalue weighted by atomic mass is 9.73. The number of carbonyl (C=O) groups is 6. The zero-order chi connectivity index (χ0) is 43.1. The molecule has 1 fully saturated rings. The van der Waals surface area contributed by atoms with Gasteiger partial charge in [-0.15, -0.1) is 0 Å². The molecule has 2 aliphatic heterocycles. The lowest BCUT2D eigenvalue weighted by molar-refractivity contribution is -0.142. The lowest BCUT2D eigenvalue weighted by Crippen LogP contribution is -2.58. The summed E-state index contributed by atoms with van der Waals surface area (Å²) in [4.78, 5) is 83.0. The van der Waals surface area contributed by atoms with Crippen LogP contribution < -0.4 is 32.3 Å². The molecule has 322 valence electrons. The van der Waals surface area contributed by atoms with E-state index in [4.69, 9.17) is 14.9 Å². The molecule has 0 unspecified atom stereocenters. The van der Waals surface area contributed by atoms with Crippen molar-refractivity contribution in [1.82, 2.24) is 31.5 Å². The number of hydrogen-bond donors (Lipinski definition) is 6. The smallest absolute Gasteiger partial charge is 0.416 e. The molecule has 18 heteroatoms. The fourth-order valence-corrected chi connectivity index (χ4v) is 7.18. The number of nitrogens with two attached hydrogens (primary N) is 1. The molecule has 1 aromatic heterocycles. The number of fused-ring (bicyclic) bond motifs is 3. The molecular formula is C42H50F3N7O8. The highest BCUT2D eigenvalue weighted by Gasteiger charge is 2.45. The predicted octanol–water partition coefficient (Wildman–Crippen LogP) is 1.69. The molecule has 7 N–H and O–H groups in total. The summed E-state index contributed by atoms with van der Waals surface area (Å²) in [6, 6.07) is 12.3. The molecule has 15 nitrogen and oxygen atoms in total. The number of carbonyl (C=O) groups excluding carboxylic acids is 6. The van der Waals surface area contributed by atoms with E-state index in [1.165, 1.54) is 23.3 Å². The number of hydrogen-bond acceptors (Lipinski definition) is 9. The predicted molar refractivity (Wildman–Crippen MR) is 211 cm³/mol. The van der Waals surface area contributed by atoms with E-state index in [1.807, 2.05) is 0 Å². The molecule has 3 aromatic rings. The number of piperidine rings is 1. The number of benzene rings is 2. The minimum absolute atomic E-state index is 0.00275. The first-order valence-electron chi connectivity index (χ1n) is 19.7. The maximum absolute atomic E-state index is 14.6. The second kappa shape index (κ2) is 21.3. The molecule has 0 saturated carbocycles. The Bertz CT molecular complexity index is 1990. The zero-order valence-electron chi connectivity index (χ0n) is 33.0. The third kappa shape index (κ3) is 13.0. The monoisotopic (exact) mass is 837 g/mol. The summed E-state index contributed by atoms with van der Waals surface area (Å²) in [7, 11) is 0. The number of alkyl halides is 3. The van der Waals surface area contributed by atoms with Gasteiger partial charge >= 0.3 is 6.18 Å². The fraction of sp³-hybridized carbons (Fsp3) is 0.429. The van der Waals surface area contributed by atoms with Crippen LogP contribution in [0.25, 0.3) is 0 Å². The highest BCUT2D eigenvalue weighted by atomic mass is 19.4. The summed E-state index contributed by atoms with van der Waals surface area (Å²) in [6.45, 7) is 0.907. The standard InChI is InChI=1S/C42H50F3N7O8/c43-42(44,45)31-10-8-28(9-11-31)25-41-15-4-19-52(27-41)37(55)13-12-35(53)47-17-14-33(38(56)48-18-22-59-21-16-46)50-36(54)23-29-5-1-2-6-30(29)26-49-39(57)34(51-40(41)58)24-32-7-3-20-60-32/h1-3,5-13,20,33-34H,4,14-19,21-27,46H2,(H,47,53)(H,48,56)(H,49,57)(H,50,54)(H,51,58)/b13-12+/t33-,34-,41-/m0/s1. The Hall–Kier alpha value is -6.01. The van der Waals surface area contributed by atoms with Crippen LogP contribution in [0.5, 0.6) is 0 Å². The van der Waals surface area contributed by atoms with Gasteiger partial charge in [-0.25, -0.2) is 0 Å². The molecule has 3 heterocycles. The quantitative estimate of drug-likeness (QED) is 0.164. The van der Waals surface area contributed by atoms with Crippen LogP contribution in [-0.2, 0) is 65.5 Å². The van der Waals surface area contributed by atoms with Crippen molar-refractivity contribution in [3.05, 3.63) is 107 Å². The Kier molecular flexibility index (Phi) is 16.0. The number of nitrogens with zero attached hydrogens (tertiary/aromatic N) is 1. The summed E-state index contributed by atoms with van der Waals surface area (Å²) < 4.78 is 51.2. The van der Waals surface area contributed by atoms with Crippen molar-refractivity contribution in [3.8, 4) is 0 Å². The molecule has 2 bridgehead atoms. The van der Waals surface area contributed by atoms with Crippen molar-refractivity contribution in [2.45, 2.75) is 63.3 Å². The van der Waals surface area contributed by atoms with Gasteiger partial charge in [-0.3, -0.25) is 28.8 Å². The van der Waals surface area contributed by atoms with Crippen LogP contribution in [0.4, 0.5) is 13.2 Å². The molecule has 0 radical (unpaired) electrons. The van der Waals surface area contributed by atoms with Crippen molar-refractivity contribution in [2.24, 2.45) is 11.1 Å². The van der Waals surface area contributed by atoms with E-state index in [0.29, 0.717) is 42.0 Å². The minimum Gasteiger partial charge on any atom is -0.469 e. The van der Waals surface area contributed by atoms with E-state index in [-0.39, 0.29) is 71.4 Å². The first kappa shape index (κ1) is 45.1. The Morgan fingerprint density at radius 3 is 2.43 bits per heavy atom. The molecule has 0 spiro atoms. The summed E-state index contributed by atoms with van der Waals surface area (Å²) >= 11 is 0. The Morgan fingerprint density at radius 1 is 0.950 bits per heavy atom. The molecule has 6 amide bonds. The summed E-state index contributed by atoms with van der Waals surface area (Å²) in [5, 5.41) is 13.8. The third-order valence-electron chi connectivity index (χ3n) is 10.3. The molecule has 2 aliphatic rings. The molecule has 3 atom stereocenters. The van der Waals surface area contributed by atoms with E-state index < -0.39 is 64.7 Å². The number of furan rings is 1. The molecular weight excluding hydrogens is 787 g/mol. The highest BCUT2D eigenvalue weighted by Crippen LogP contribution is 2.36. The summed E-state index contributed by atoms with van der Waals surface area (Å²) in [6.07, 6.45) is -0.822. The van der Waals surface area contributed by atoms with Crippen LogP contribution >= 0.6 is 0 Å². The number of ether oxygens (including phenoxy) is 1. The van der Waals surface area contributed by atoms with E-state index in [2.05, 4.69) is 26.6 Å². The molecule has 0 aliphatic carbocycles. The van der Waals surface area contributed by atoms with Gasteiger partial charge in [-0.05, 0) is 66.6 Å². The number of nitrogens with one attached hydrogen (secondary N) is 5. The van der Waals surface area contributed by atoms with E-state index in [0.717, 1.165) is 24.3 Å². The van der Waals surface area contributed by atoms with Crippen molar-refractivity contribution >= 4 is 35.4 Å². The molecule has 1 saturated heterocycles. The SMILES string of the molecule is NCCOCCNC(=O)[C@@H]1CCNC(=O)/C=C/C(=O)N2CCC[C@](Cc3ccc(C(F)(F)F)cc3)(C2)C(=O)N[C@@H](Cc2ccco2)C(=O)NCc2ccccc2CC(=O)N1. The minimum atomic E-state index is -4.58. The van der Waals surface area contributed by atoms with Crippen molar-refractivity contribution in [2.75, 3.05) is 45.9 Å². The van der Waals surface area contributed by atoms with E-state index in [1.54, 1.807) is 36.4 Å². The van der Waals surface area contributed by atoms with E-state index in [9.17, 15) is 41.9 Å². The van der Waals surface area contributed by atoms with E-state index >= 15 is 0 Å². The van der Waals surface area contributed by atoms with Gasteiger partial charge in [-0.1, -0.05) is 36.4 Å². The third-order valence-corrected chi connectivity index (χ3v) is 10.3. The van der Waals surface area contributed by atoms with Crippen LogP contribution in [0, 0.1) is 5.41 Å².